The average Bonchev–Trinajstić information content (AvgIpc) is 3.09. The zero-order valence-electron chi connectivity index (χ0n) is 12.5. The molecule has 0 saturated carbocycles. The number of nitrogens with zero attached hydrogens (tertiary/aromatic N) is 4. The second kappa shape index (κ2) is 6.22. The molecule has 1 N–H and O–H groups in total. The Morgan fingerprint density at radius 2 is 2.33 bits per heavy atom. The van der Waals surface area contributed by atoms with E-state index in [0.29, 0.717) is 6.04 Å². The Labute approximate surface area is 124 Å². The lowest BCUT2D eigenvalue weighted by Gasteiger charge is -2.25. The summed E-state index contributed by atoms with van der Waals surface area (Å²) in [4.78, 5) is 2.34. The molecule has 21 heavy (non-hydrogen) atoms. The Morgan fingerprint density at radius 1 is 1.43 bits per heavy atom. The second-order valence-electron chi connectivity index (χ2n) is 5.50. The maximum Gasteiger partial charge on any atom is 0.151 e. The third kappa shape index (κ3) is 3.05. The molecule has 2 aromatic rings. The Bertz CT molecular complexity index is 564. The van der Waals surface area contributed by atoms with E-state index in [-0.39, 0.29) is 0 Å². The highest BCUT2D eigenvalue weighted by molar-refractivity contribution is 5.39. The monoisotopic (exact) mass is 287 g/mol. The third-order valence-electron chi connectivity index (χ3n) is 4.09. The molecular weight excluding hydrogens is 266 g/mol. The van der Waals surface area contributed by atoms with E-state index < -0.39 is 0 Å². The smallest absolute Gasteiger partial charge is 0.151 e. The van der Waals surface area contributed by atoms with E-state index in [2.05, 4.69) is 25.6 Å². The summed E-state index contributed by atoms with van der Waals surface area (Å²) in [5, 5.41) is 15.7. The van der Waals surface area contributed by atoms with Gasteiger partial charge in [-0.1, -0.05) is 5.16 Å². The molecule has 3 rings (SSSR count). The van der Waals surface area contributed by atoms with Gasteiger partial charge in [-0.25, -0.2) is 0 Å². The largest absolute Gasteiger partial charge is 0.361 e. The van der Waals surface area contributed by atoms with Gasteiger partial charge in [0.05, 0.1) is 5.69 Å². The lowest BCUT2D eigenvalue weighted by Crippen LogP contribution is -2.38. The van der Waals surface area contributed by atoms with Crippen LogP contribution in [0.4, 0.5) is 5.82 Å². The van der Waals surface area contributed by atoms with Gasteiger partial charge < -0.3 is 14.7 Å². The van der Waals surface area contributed by atoms with Gasteiger partial charge in [-0.15, -0.1) is 5.10 Å². The molecular formula is C15H21N5O. The van der Waals surface area contributed by atoms with E-state index in [1.54, 1.807) is 6.20 Å². The van der Waals surface area contributed by atoms with E-state index in [4.69, 9.17) is 4.52 Å². The van der Waals surface area contributed by atoms with Crippen LogP contribution in [0.1, 0.15) is 29.9 Å². The number of rotatable bonds is 5. The van der Waals surface area contributed by atoms with Gasteiger partial charge >= 0.3 is 0 Å². The van der Waals surface area contributed by atoms with Crippen molar-refractivity contribution in [2.24, 2.45) is 0 Å². The molecule has 2 aromatic heterocycles. The van der Waals surface area contributed by atoms with Crippen LogP contribution in [0.15, 0.2) is 22.9 Å². The van der Waals surface area contributed by atoms with Crippen LogP contribution in [-0.4, -0.2) is 34.5 Å². The molecule has 0 aromatic carbocycles. The maximum absolute atomic E-state index is 5.19. The highest BCUT2D eigenvalue weighted by Gasteiger charge is 2.25. The predicted molar refractivity (Wildman–Crippen MR) is 80.1 cm³/mol. The molecule has 0 aliphatic carbocycles. The van der Waals surface area contributed by atoms with Crippen LogP contribution < -0.4 is 10.2 Å². The minimum atomic E-state index is 0.474. The summed E-state index contributed by atoms with van der Waals surface area (Å²) in [6, 6.07) is 4.44. The molecule has 1 fully saturated rings. The molecule has 0 radical (unpaired) electrons. The SMILES string of the molecule is Cc1noc(C)c1CNC[C@H]1CCCN1c1cccnn1. The lowest BCUT2D eigenvalue weighted by atomic mass is 10.2. The topological polar surface area (TPSA) is 67.1 Å². The molecule has 0 bridgehead atoms. The van der Waals surface area contributed by atoms with E-state index >= 15 is 0 Å². The van der Waals surface area contributed by atoms with Crippen molar-refractivity contribution < 1.29 is 4.52 Å². The molecule has 1 aliphatic rings. The van der Waals surface area contributed by atoms with Crippen LogP contribution in [-0.2, 0) is 6.54 Å². The standard InChI is InChI=1S/C15H21N5O/c1-11-14(12(2)21-19-11)10-16-9-13-5-4-8-20(13)15-6-3-7-17-18-15/h3,6-7,13,16H,4-5,8-10H2,1-2H3/t13-/m1/s1. The summed E-state index contributed by atoms with van der Waals surface area (Å²) in [6.45, 7) is 6.72. The van der Waals surface area contributed by atoms with Gasteiger partial charge in [0.25, 0.3) is 0 Å². The molecule has 0 spiro atoms. The molecule has 1 saturated heterocycles. The van der Waals surface area contributed by atoms with E-state index in [9.17, 15) is 0 Å². The first-order chi connectivity index (χ1) is 10.3. The van der Waals surface area contributed by atoms with E-state index in [0.717, 1.165) is 36.9 Å². The van der Waals surface area contributed by atoms with E-state index in [1.807, 2.05) is 26.0 Å². The summed E-state index contributed by atoms with van der Waals surface area (Å²) in [6.07, 6.45) is 4.10. The van der Waals surface area contributed by atoms with Crippen LogP contribution in [0.5, 0.6) is 0 Å². The molecule has 0 unspecified atom stereocenters. The van der Waals surface area contributed by atoms with Gasteiger partial charge in [0.2, 0.25) is 0 Å². The number of hydrogen-bond donors (Lipinski definition) is 1. The molecule has 6 heteroatoms. The summed E-state index contributed by atoms with van der Waals surface area (Å²) >= 11 is 0. The van der Waals surface area contributed by atoms with Gasteiger partial charge in [0.1, 0.15) is 5.76 Å². The van der Waals surface area contributed by atoms with Crippen LogP contribution in [0.3, 0.4) is 0 Å². The first-order valence-electron chi connectivity index (χ1n) is 7.42. The summed E-state index contributed by atoms with van der Waals surface area (Å²) in [7, 11) is 0. The molecule has 3 heterocycles. The third-order valence-corrected chi connectivity index (χ3v) is 4.09. The van der Waals surface area contributed by atoms with Crippen molar-refractivity contribution in [1.29, 1.82) is 0 Å². The van der Waals surface area contributed by atoms with Gasteiger partial charge in [-0.3, -0.25) is 0 Å². The normalized spacial score (nSPS) is 18.4. The Balaban J connectivity index is 1.57. The van der Waals surface area contributed by atoms with E-state index in [1.165, 1.54) is 18.4 Å². The average molecular weight is 287 g/mol. The molecule has 112 valence electrons. The highest BCUT2D eigenvalue weighted by Crippen LogP contribution is 2.22. The Hall–Kier alpha value is -1.95. The predicted octanol–water partition coefficient (Wildman–Crippen LogP) is 1.84. The van der Waals surface area contributed by atoms with Crippen LogP contribution in [0.2, 0.25) is 0 Å². The second-order valence-corrected chi connectivity index (χ2v) is 5.50. The number of nitrogens with one attached hydrogen (secondary N) is 1. The zero-order valence-corrected chi connectivity index (χ0v) is 12.5. The minimum Gasteiger partial charge on any atom is -0.361 e. The fraction of sp³-hybridized carbons (Fsp3) is 0.533. The summed E-state index contributed by atoms with van der Waals surface area (Å²) < 4.78 is 5.19. The van der Waals surface area contributed by atoms with Crippen molar-refractivity contribution >= 4 is 5.82 Å². The van der Waals surface area contributed by atoms with Gasteiger partial charge in [-0.05, 0) is 38.8 Å². The Morgan fingerprint density at radius 3 is 3.05 bits per heavy atom. The van der Waals surface area contributed by atoms with Crippen molar-refractivity contribution in [3.63, 3.8) is 0 Å². The summed E-state index contributed by atoms with van der Waals surface area (Å²) in [5.74, 6) is 1.87. The first kappa shape index (κ1) is 14.0. The fourth-order valence-electron chi connectivity index (χ4n) is 2.91. The number of aromatic nitrogens is 3. The van der Waals surface area contributed by atoms with Crippen molar-refractivity contribution in [3.8, 4) is 0 Å². The molecule has 1 atom stereocenters. The highest BCUT2D eigenvalue weighted by atomic mass is 16.5. The number of hydrogen-bond acceptors (Lipinski definition) is 6. The van der Waals surface area contributed by atoms with Crippen molar-refractivity contribution in [2.75, 3.05) is 18.0 Å². The zero-order chi connectivity index (χ0) is 14.7. The van der Waals surface area contributed by atoms with Crippen molar-refractivity contribution in [2.45, 2.75) is 39.3 Å². The fourth-order valence-corrected chi connectivity index (χ4v) is 2.91. The summed E-state index contributed by atoms with van der Waals surface area (Å²) in [5.41, 5.74) is 2.14. The maximum atomic E-state index is 5.19. The minimum absolute atomic E-state index is 0.474. The van der Waals surface area contributed by atoms with Crippen molar-refractivity contribution in [3.05, 3.63) is 35.3 Å². The van der Waals surface area contributed by atoms with Crippen LogP contribution >= 0.6 is 0 Å². The van der Waals surface area contributed by atoms with Gasteiger partial charge in [0.15, 0.2) is 5.82 Å². The van der Waals surface area contributed by atoms with Crippen molar-refractivity contribution in [1.82, 2.24) is 20.7 Å². The number of anilines is 1. The Kier molecular flexibility index (Phi) is 4.15. The quantitative estimate of drug-likeness (QED) is 0.905. The first-order valence-corrected chi connectivity index (χ1v) is 7.42. The number of aryl methyl sites for hydroxylation is 2. The van der Waals surface area contributed by atoms with Gasteiger partial charge in [0, 0.05) is 37.4 Å². The van der Waals surface area contributed by atoms with Gasteiger partial charge in [-0.2, -0.15) is 5.10 Å². The lowest BCUT2D eigenvalue weighted by molar-refractivity contribution is 0.391. The van der Waals surface area contributed by atoms with Crippen LogP contribution in [0, 0.1) is 13.8 Å². The molecule has 0 amide bonds. The van der Waals surface area contributed by atoms with Crippen LogP contribution in [0.25, 0.3) is 0 Å². The molecule has 1 aliphatic heterocycles. The molecule has 6 nitrogen and oxygen atoms in total.